The van der Waals surface area contributed by atoms with Gasteiger partial charge in [0, 0.05) is 25.2 Å². The normalized spacial score (nSPS) is 10.4. The Hall–Kier alpha value is -0.770. The number of hydrogen-bond acceptors (Lipinski definition) is 1. The molecule has 0 amide bonds. The summed E-state index contributed by atoms with van der Waals surface area (Å²) in [5.41, 5.74) is 0. The van der Waals surface area contributed by atoms with E-state index < -0.39 is 0 Å². The molecule has 0 N–H and O–H groups in total. The summed E-state index contributed by atoms with van der Waals surface area (Å²) in [7, 11) is 0. The van der Waals surface area contributed by atoms with Crippen molar-refractivity contribution in [3.8, 4) is 11.8 Å². The fraction of sp³-hybridized carbons (Fsp3) is 0.800. The lowest BCUT2D eigenvalue weighted by atomic mass is 10.0. The fourth-order valence-electron chi connectivity index (χ4n) is 1.48. The summed E-state index contributed by atoms with van der Waals surface area (Å²) in [6.07, 6.45) is 5.59. The minimum Gasteiger partial charge on any atom is -0.300 e. The van der Waals surface area contributed by atoms with Crippen molar-refractivity contribution in [1.29, 1.82) is 0 Å². The van der Waals surface area contributed by atoms with Gasteiger partial charge < -0.3 is 0 Å². The van der Waals surface area contributed by atoms with E-state index in [1.165, 1.54) is 12.8 Å². The van der Waals surface area contributed by atoms with E-state index in [2.05, 4.69) is 39.5 Å². The van der Waals surface area contributed by atoms with Gasteiger partial charge in [-0.1, -0.05) is 40.5 Å². The first kappa shape index (κ1) is 15.2. The molecule has 0 fully saturated rings. The maximum absolute atomic E-state index is 11.5. The molecule has 0 rings (SSSR count). The highest BCUT2D eigenvalue weighted by Gasteiger charge is 2.01. The molecule has 0 atom stereocenters. The average Bonchev–Trinajstić information content (AvgIpc) is 2.19. The van der Waals surface area contributed by atoms with Crippen molar-refractivity contribution in [2.45, 2.75) is 66.2 Å². The van der Waals surface area contributed by atoms with Crippen LogP contribution in [0.15, 0.2) is 0 Å². The van der Waals surface area contributed by atoms with Crippen molar-refractivity contribution in [3.63, 3.8) is 0 Å². The minimum atomic E-state index is 0.377. The van der Waals surface area contributed by atoms with Crippen LogP contribution in [0.1, 0.15) is 66.2 Å². The van der Waals surface area contributed by atoms with E-state index in [0.29, 0.717) is 18.1 Å². The molecule has 92 valence electrons. The van der Waals surface area contributed by atoms with Gasteiger partial charge in [-0.15, -0.1) is 11.8 Å². The van der Waals surface area contributed by atoms with Crippen LogP contribution in [0.25, 0.3) is 0 Å². The Balaban J connectivity index is 3.43. The van der Waals surface area contributed by atoms with E-state index >= 15 is 0 Å². The van der Waals surface area contributed by atoms with Crippen molar-refractivity contribution >= 4 is 5.78 Å². The molecule has 0 aliphatic heterocycles. The smallest absolute Gasteiger partial charge is 0.133 e. The quantitative estimate of drug-likeness (QED) is 0.466. The van der Waals surface area contributed by atoms with Crippen LogP contribution < -0.4 is 0 Å². The van der Waals surface area contributed by atoms with Crippen LogP contribution in [0.5, 0.6) is 0 Å². The highest BCUT2D eigenvalue weighted by Crippen LogP contribution is 2.09. The van der Waals surface area contributed by atoms with E-state index in [9.17, 15) is 4.79 Å². The van der Waals surface area contributed by atoms with Crippen molar-refractivity contribution in [1.82, 2.24) is 0 Å². The van der Waals surface area contributed by atoms with Gasteiger partial charge in [-0.2, -0.15) is 0 Å². The van der Waals surface area contributed by atoms with Crippen LogP contribution >= 0.6 is 0 Å². The number of unbranched alkanes of at least 4 members (excludes halogenated alkanes) is 1. The molecule has 1 nitrogen and oxygen atoms in total. The van der Waals surface area contributed by atoms with E-state index in [1.54, 1.807) is 0 Å². The molecular formula is C15H26O. The summed E-state index contributed by atoms with van der Waals surface area (Å²) >= 11 is 0. The standard InChI is InChI=1S/C15H26O/c1-13(2)9-5-7-11-15(16)12-8-6-10-14(3)4/h13-14H,5,7-9,11-12H2,1-4H3. The molecule has 0 bridgehead atoms. The first-order valence-corrected chi connectivity index (χ1v) is 6.52. The van der Waals surface area contributed by atoms with Crippen LogP contribution in [0.4, 0.5) is 0 Å². The molecule has 0 aromatic rings. The third kappa shape index (κ3) is 11.3. The first-order valence-electron chi connectivity index (χ1n) is 6.52. The molecule has 0 aliphatic carbocycles. The van der Waals surface area contributed by atoms with Gasteiger partial charge in [0.15, 0.2) is 0 Å². The summed E-state index contributed by atoms with van der Waals surface area (Å²) in [5.74, 6) is 7.69. The Morgan fingerprint density at radius 3 is 2.31 bits per heavy atom. The lowest BCUT2D eigenvalue weighted by Crippen LogP contribution is -1.97. The van der Waals surface area contributed by atoms with Crippen LogP contribution in [-0.2, 0) is 4.79 Å². The predicted molar refractivity (Wildman–Crippen MR) is 70.2 cm³/mol. The van der Waals surface area contributed by atoms with E-state index in [1.807, 2.05) is 0 Å². The molecule has 1 heteroatoms. The van der Waals surface area contributed by atoms with Gasteiger partial charge in [-0.05, 0) is 12.3 Å². The maximum Gasteiger partial charge on any atom is 0.133 e. The number of Topliss-reactive ketones (excluding diaryl/α,β-unsaturated/α-hetero) is 1. The Morgan fingerprint density at radius 2 is 1.75 bits per heavy atom. The summed E-state index contributed by atoms with van der Waals surface area (Å²) < 4.78 is 0. The molecule has 0 saturated heterocycles. The highest BCUT2D eigenvalue weighted by atomic mass is 16.1. The topological polar surface area (TPSA) is 17.1 Å². The molecular weight excluding hydrogens is 196 g/mol. The monoisotopic (exact) mass is 222 g/mol. The van der Waals surface area contributed by atoms with Gasteiger partial charge in [-0.3, -0.25) is 4.79 Å². The summed E-state index contributed by atoms with van der Waals surface area (Å²) in [6.45, 7) is 8.59. The third-order valence-corrected chi connectivity index (χ3v) is 2.41. The lowest BCUT2D eigenvalue weighted by Gasteiger charge is -2.03. The first-order chi connectivity index (χ1) is 7.52. The summed E-state index contributed by atoms with van der Waals surface area (Å²) in [5, 5.41) is 0. The molecule has 0 aromatic carbocycles. The SMILES string of the molecule is CC(C)C#CCCC(=O)CCCCC(C)C. The van der Waals surface area contributed by atoms with Crippen LogP contribution in [0.2, 0.25) is 0 Å². The summed E-state index contributed by atoms with van der Waals surface area (Å²) in [4.78, 5) is 11.5. The predicted octanol–water partition coefficient (Wildman–Crippen LogP) is 4.21. The zero-order valence-corrected chi connectivity index (χ0v) is 11.3. The molecule has 0 spiro atoms. The van der Waals surface area contributed by atoms with Crippen LogP contribution in [0.3, 0.4) is 0 Å². The summed E-state index contributed by atoms with van der Waals surface area (Å²) in [6, 6.07) is 0. The maximum atomic E-state index is 11.5. The lowest BCUT2D eigenvalue weighted by molar-refractivity contribution is -0.119. The number of hydrogen-bond donors (Lipinski definition) is 0. The van der Waals surface area contributed by atoms with Crippen molar-refractivity contribution in [2.24, 2.45) is 11.8 Å². The number of ketones is 1. The Kier molecular flexibility index (Phi) is 9.00. The van der Waals surface area contributed by atoms with Gasteiger partial charge >= 0.3 is 0 Å². The largest absolute Gasteiger partial charge is 0.300 e. The highest BCUT2D eigenvalue weighted by molar-refractivity contribution is 5.78. The third-order valence-electron chi connectivity index (χ3n) is 2.41. The Bertz CT molecular complexity index is 240. The van der Waals surface area contributed by atoms with Gasteiger partial charge in [0.2, 0.25) is 0 Å². The Labute approximate surface area is 101 Å². The van der Waals surface area contributed by atoms with Crippen molar-refractivity contribution in [3.05, 3.63) is 0 Å². The van der Waals surface area contributed by atoms with Gasteiger partial charge in [0.25, 0.3) is 0 Å². The van der Waals surface area contributed by atoms with E-state index in [0.717, 1.165) is 25.2 Å². The molecule has 0 radical (unpaired) electrons. The van der Waals surface area contributed by atoms with Gasteiger partial charge in [-0.25, -0.2) is 0 Å². The molecule has 0 aliphatic rings. The Morgan fingerprint density at radius 1 is 1.06 bits per heavy atom. The molecule has 0 aromatic heterocycles. The van der Waals surface area contributed by atoms with E-state index in [4.69, 9.17) is 0 Å². The van der Waals surface area contributed by atoms with Crippen LogP contribution in [-0.4, -0.2) is 5.78 Å². The average molecular weight is 222 g/mol. The zero-order chi connectivity index (χ0) is 12.4. The number of carbonyl (C=O) groups excluding carboxylic acids is 1. The van der Waals surface area contributed by atoms with E-state index in [-0.39, 0.29) is 0 Å². The van der Waals surface area contributed by atoms with Gasteiger partial charge in [0.1, 0.15) is 5.78 Å². The van der Waals surface area contributed by atoms with Crippen LogP contribution in [0, 0.1) is 23.7 Å². The molecule has 16 heavy (non-hydrogen) atoms. The number of carbonyl (C=O) groups is 1. The zero-order valence-electron chi connectivity index (χ0n) is 11.3. The van der Waals surface area contributed by atoms with Crippen molar-refractivity contribution < 1.29 is 4.79 Å². The van der Waals surface area contributed by atoms with Crippen molar-refractivity contribution in [2.75, 3.05) is 0 Å². The molecule has 0 unspecified atom stereocenters. The van der Waals surface area contributed by atoms with Gasteiger partial charge in [0.05, 0.1) is 0 Å². The number of rotatable bonds is 7. The minimum absolute atomic E-state index is 0.377. The second kappa shape index (κ2) is 9.46. The molecule has 0 saturated carbocycles. The molecule has 0 heterocycles. The fourth-order valence-corrected chi connectivity index (χ4v) is 1.48. The second-order valence-electron chi connectivity index (χ2n) is 5.15. The second-order valence-corrected chi connectivity index (χ2v) is 5.15.